The smallest absolute Gasteiger partial charge is 0.408 e. The number of aromatic nitrogens is 3. The SMILES string of the molecule is O=c1oc2cc(S(=O)(=O)N3CCCC3)ccc2n1Cc1noc(C2CC2)n1. The zero-order valence-corrected chi connectivity index (χ0v) is 15.3. The van der Waals surface area contributed by atoms with Gasteiger partial charge in [0.15, 0.2) is 11.4 Å². The molecule has 1 aliphatic carbocycles. The molecule has 1 aliphatic heterocycles. The molecule has 1 saturated carbocycles. The molecule has 0 unspecified atom stereocenters. The normalized spacial score (nSPS) is 18.5. The Kier molecular flexibility index (Phi) is 3.73. The molecule has 9 nitrogen and oxygen atoms in total. The summed E-state index contributed by atoms with van der Waals surface area (Å²) in [5, 5.41) is 3.92. The van der Waals surface area contributed by atoms with Crippen molar-refractivity contribution in [1.29, 1.82) is 0 Å². The Bertz CT molecular complexity index is 1170. The Morgan fingerprint density at radius 3 is 2.70 bits per heavy atom. The second-order valence-corrected chi connectivity index (χ2v) is 8.96. The van der Waals surface area contributed by atoms with Crippen molar-refractivity contribution in [3.8, 4) is 0 Å². The first kappa shape index (κ1) is 16.7. The van der Waals surface area contributed by atoms with Gasteiger partial charge in [-0.2, -0.15) is 9.29 Å². The maximum absolute atomic E-state index is 12.7. The molecule has 10 heteroatoms. The van der Waals surface area contributed by atoms with Crippen LogP contribution in [0.25, 0.3) is 11.1 Å². The first-order chi connectivity index (χ1) is 13.0. The summed E-state index contributed by atoms with van der Waals surface area (Å²) in [5.41, 5.74) is 0.726. The Morgan fingerprint density at radius 1 is 1.19 bits per heavy atom. The number of hydrogen-bond acceptors (Lipinski definition) is 7. The van der Waals surface area contributed by atoms with Crippen molar-refractivity contribution in [1.82, 2.24) is 19.0 Å². The zero-order valence-electron chi connectivity index (χ0n) is 14.5. The molecule has 0 bridgehead atoms. The highest BCUT2D eigenvalue weighted by Gasteiger charge is 2.30. The quantitative estimate of drug-likeness (QED) is 0.651. The fraction of sp³-hybridized carbons (Fsp3) is 0.471. The highest BCUT2D eigenvalue weighted by atomic mass is 32.2. The van der Waals surface area contributed by atoms with Crippen LogP contribution in [0.15, 0.2) is 36.8 Å². The molecule has 2 aromatic heterocycles. The summed E-state index contributed by atoms with van der Waals surface area (Å²) < 4.78 is 38.7. The maximum atomic E-state index is 12.7. The number of sulfonamides is 1. The van der Waals surface area contributed by atoms with E-state index in [9.17, 15) is 13.2 Å². The lowest BCUT2D eigenvalue weighted by molar-refractivity contribution is 0.372. The minimum atomic E-state index is -3.57. The third kappa shape index (κ3) is 2.88. The summed E-state index contributed by atoms with van der Waals surface area (Å²) >= 11 is 0. The minimum Gasteiger partial charge on any atom is -0.408 e. The van der Waals surface area contributed by atoms with Crippen molar-refractivity contribution in [2.24, 2.45) is 0 Å². The van der Waals surface area contributed by atoms with Crippen LogP contribution < -0.4 is 5.76 Å². The van der Waals surface area contributed by atoms with Crippen LogP contribution in [0.1, 0.15) is 43.3 Å². The van der Waals surface area contributed by atoms with E-state index in [0.29, 0.717) is 36.2 Å². The van der Waals surface area contributed by atoms with Crippen LogP contribution in [0.2, 0.25) is 0 Å². The average Bonchev–Trinajstić information content (AvgIpc) is 3.07. The van der Waals surface area contributed by atoms with E-state index in [2.05, 4.69) is 10.1 Å². The van der Waals surface area contributed by atoms with E-state index < -0.39 is 15.8 Å². The monoisotopic (exact) mass is 390 g/mol. The summed E-state index contributed by atoms with van der Waals surface area (Å²) in [6, 6.07) is 4.51. The summed E-state index contributed by atoms with van der Waals surface area (Å²) in [6.07, 6.45) is 3.82. The lowest BCUT2D eigenvalue weighted by atomic mass is 10.3. The molecule has 2 fully saturated rings. The second-order valence-electron chi connectivity index (χ2n) is 7.02. The predicted molar refractivity (Wildman–Crippen MR) is 93.8 cm³/mol. The Balaban J connectivity index is 1.49. The number of oxazole rings is 1. The molecular formula is C17H18N4O5S. The summed E-state index contributed by atoms with van der Waals surface area (Å²) in [4.78, 5) is 16.7. The van der Waals surface area contributed by atoms with Gasteiger partial charge in [0.1, 0.15) is 0 Å². The van der Waals surface area contributed by atoms with E-state index >= 15 is 0 Å². The van der Waals surface area contributed by atoms with Crippen molar-refractivity contribution >= 4 is 21.1 Å². The second kappa shape index (κ2) is 6.03. The third-order valence-electron chi connectivity index (χ3n) is 5.05. The number of nitrogens with zero attached hydrogens (tertiary/aromatic N) is 4. The molecular weight excluding hydrogens is 372 g/mol. The van der Waals surface area contributed by atoms with Gasteiger partial charge in [0.25, 0.3) is 0 Å². The minimum absolute atomic E-state index is 0.111. The van der Waals surface area contributed by atoms with Gasteiger partial charge in [0.05, 0.1) is 17.0 Å². The highest BCUT2D eigenvalue weighted by Crippen LogP contribution is 2.38. The van der Waals surface area contributed by atoms with E-state index in [-0.39, 0.29) is 17.0 Å². The largest absolute Gasteiger partial charge is 0.420 e. The molecule has 3 heterocycles. The van der Waals surface area contributed by atoms with Crippen molar-refractivity contribution in [2.75, 3.05) is 13.1 Å². The summed E-state index contributed by atoms with van der Waals surface area (Å²) in [7, 11) is -3.57. The van der Waals surface area contributed by atoms with E-state index in [1.54, 1.807) is 6.07 Å². The van der Waals surface area contributed by atoms with Crippen LogP contribution in [-0.2, 0) is 16.6 Å². The van der Waals surface area contributed by atoms with Crippen LogP contribution in [0.3, 0.4) is 0 Å². The molecule has 5 rings (SSSR count). The van der Waals surface area contributed by atoms with Crippen LogP contribution in [0.5, 0.6) is 0 Å². The van der Waals surface area contributed by atoms with E-state index in [4.69, 9.17) is 8.94 Å². The molecule has 0 amide bonds. The van der Waals surface area contributed by atoms with E-state index in [0.717, 1.165) is 25.7 Å². The molecule has 142 valence electrons. The van der Waals surface area contributed by atoms with Crippen molar-refractivity contribution in [3.63, 3.8) is 0 Å². The van der Waals surface area contributed by atoms with Gasteiger partial charge in [-0.1, -0.05) is 5.16 Å². The van der Waals surface area contributed by atoms with Gasteiger partial charge in [0.2, 0.25) is 15.9 Å². The van der Waals surface area contributed by atoms with Gasteiger partial charge < -0.3 is 8.94 Å². The Labute approximate surface area is 154 Å². The summed E-state index contributed by atoms with van der Waals surface area (Å²) in [6.45, 7) is 1.15. The lowest BCUT2D eigenvalue weighted by Crippen LogP contribution is -2.27. The lowest BCUT2D eigenvalue weighted by Gasteiger charge is -2.15. The van der Waals surface area contributed by atoms with Crippen LogP contribution in [0.4, 0.5) is 0 Å². The van der Waals surface area contributed by atoms with Crippen molar-refractivity contribution in [2.45, 2.75) is 43.0 Å². The number of hydrogen-bond donors (Lipinski definition) is 0. The van der Waals surface area contributed by atoms with Gasteiger partial charge in [-0.25, -0.2) is 13.2 Å². The van der Waals surface area contributed by atoms with Crippen LogP contribution in [0, 0.1) is 0 Å². The zero-order chi connectivity index (χ0) is 18.6. The number of rotatable bonds is 5. The molecule has 0 radical (unpaired) electrons. The molecule has 3 aromatic rings. The fourth-order valence-corrected chi connectivity index (χ4v) is 4.94. The first-order valence-corrected chi connectivity index (χ1v) is 10.4. The first-order valence-electron chi connectivity index (χ1n) is 8.98. The van der Waals surface area contributed by atoms with Gasteiger partial charge in [-0.05, 0) is 37.8 Å². The van der Waals surface area contributed by atoms with E-state index in [1.807, 2.05) is 0 Å². The molecule has 1 aromatic carbocycles. The molecule has 1 saturated heterocycles. The number of benzene rings is 1. The van der Waals surface area contributed by atoms with Crippen LogP contribution in [-0.4, -0.2) is 40.5 Å². The number of fused-ring (bicyclic) bond motifs is 1. The predicted octanol–water partition coefficient (Wildman–Crippen LogP) is 1.69. The highest BCUT2D eigenvalue weighted by molar-refractivity contribution is 7.89. The van der Waals surface area contributed by atoms with E-state index in [1.165, 1.54) is 21.0 Å². The van der Waals surface area contributed by atoms with Crippen molar-refractivity contribution in [3.05, 3.63) is 40.5 Å². The third-order valence-corrected chi connectivity index (χ3v) is 6.95. The van der Waals surface area contributed by atoms with Gasteiger partial charge >= 0.3 is 5.76 Å². The topological polar surface area (TPSA) is 111 Å². The fourth-order valence-electron chi connectivity index (χ4n) is 3.40. The molecule has 0 spiro atoms. The molecule has 0 N–H and O–H groups in total. The van der Waals surface area contributed by atoms with Gasteiger partial charge in [-0.3, -0.25) is 4.57 Å². The van der Waals surface area contributed by atoms with Gasteiger partial charge in [0, 0.05) is 25.1 Å². The maximum Gasteiger partial charge on any atom is 0.420 e. The summed E-state index contributed by atoms with van der Waals surface area (Å²) in [5.74, 6) is 0.751. The standard InChI is InChI=1S/C17H18N4O5S/c22-17-21(10-15-18-16(26-19-15)11-3-4-11)13-6-5-12(9-14(13)25-17)27(23,24)20-7-1-2-8-20/h5-6,9,11H,1-4,7-8,10H2. The van der Waals surface area contributed by atoms with Crippen LogP contribution >= 0.6 is 0 Å². The Hall–Kier alpha value is -2.46. The average molecular weight is 390 g/mol. The molecule has 0 atom stereocenters. The van der Waals surface area contributed by atoms with Crippen molar-refractivity contribution < 1.29 is 17.4 Å². The molecule has 2 aliphatic rings. The van der Waals surface area contributed by atoms with Gasteiger partial charge in [-0.15, -0.1) is 0 Å². The molecule has 27 heavy (non-hydrogen) atoms. The Morgan fingerprint density at radius 2 is 1.96 bits per heavy atom.